The molecule has 0 aliphatic heterocycles. The first-order chi connectivity index (χ1) is 46.0. The molecule has 0 fully saturated rings. The number of aliphatic hydroxyl groups is 1. The van der Waals surface area contributed by atoms with Gasteiger partial charge in [0, 0.05) is 25.7 Å². The van der Waals surface area contributed by atoms with Gasteiger partial charge in [-0.05, 0) is 31.6 Å². The Morgan fingerprint density at radius 2 is 0.484 bits per heavy atom. The number of rotatable bonds is 76. The van der Waals surface area contributed by atoms with E-state index in [2.05, 4.69) is 34.6 Å². The number of carbonyl (C=O) groups is 4. The molecule has 0 rings (SSSR count). The maximum absolute atomic E-state index is 13.1. The van der Waals surface area contributed by atoms with Crippen LogP contribution in [-0.2, 0) is 65.4 Å². The van der Waals surface area contributed by atoms with Crippen LogP contribution in [0.5, 0.6) is 0 Å². The first-order valence-electron chi connectivity index (χ1n) is 39.6. The fraction of sp³-hybridized carbons (Fsp3) is 0.947. The van der Waals surface area contributed by atoms with Crippen molar-refractivity contribution in [1.82, 2.24) is 0 Å². The quantitative estimate of drug-likeness (QED) is 0.0222. The number of aliphatic hydroxyl groups excluding tert-OH is 1. The summed E-state index contributed by atoms with van der Waals surface area (Å²) in [5.74, 6) is -1.30. The van der Waals surface area contributed by atoms with Gasteiger partial charge in [-0.25, -0.2) is 9.13 Å². The Kier molecular flexibility index (Phi) is 67.7. The van der Waals surface area contributed by atoms with Crippen molar-refractivity contribution in [3.63, 3.8) is 0 Å². The Morgan fingerprint density at radius 3 is 0.716 bits per heavy atom. The Morgan fingerprint density at radius 1 is 0.284 bits per heavy atom. The number of hydrogen-bond acceptors (Lipinski definition) is 15. The van der Waals surface area contributed by atoms with Gasteiger partial charge in [-0.1, -0.05) is 349 Å². The highest BCUT2D eigenvalue weighted by Gasteiger charge is 2.30. The van der Waals surface area contributed by atoms with E-state index < -0.39 is 97.5 Å². The Hall–Kier alpha value is -1.94. The van der Waals surface area contributed by atoms with Crippen LogP contribution in [0.1, 0.15) is 401 Å². The lowest BCUT2D eigenvalue weighted by atomic mass is 10.0. The first kappa shape index (κ1) is 93.1. The van der Waals surface area contributed by atoms with Crippen LogP contribution in [0.3, 0.4) is 0 Å². The van der Waals surface area contributed by atoms with Crippen molar-refractivity contribution in [1.29, 1.82) is 0 Å². The molecule has 95 heavy (non-hydrogen) atoms. The second kappa shape index (κ2) is 69.2. The summed E-state index contributed by atoms with van der Waals surface area (Å²) in [4.78, 5) is 72.7. The number of carbonyl (C=O) groups excluding carboxylic acids is 4. The lowest BCUT2D eigenvalue weighted by molar-refractivity contribution is -0.161. The summed E-state index contributed by atoms with van der Waals surface area (Å²) in [5.41, 5.74) is 0. The molecule has 0 aromatic rings. The van der Waals surface area contributed by atoms with Crippen LogP contribution in [0.15, 0.2) is 0 Å². The molecule has 2 unspecified atom stereocenters. The van der Waals surface area contributed by atoms with Gasteiger partial charge in [0.1, 0.15) is 19.3 Å². The molecule has 0 saturated carbocycles. The van der Waals surface area contributed by atoms with Crippen molar-refractivity contribution >= 4 is 39.5 Å². The Bertz CT molecular complexity index is 1820. The van der Waals surface area contributed by atoms with Crippen LogP contribution in [0, 0.1) is 5.92 Å². The lowest BCUT2D eigenvalue weighted by Crippen LogP contribution is -2.30. The topological polar surface area (TPSA) is 237 Å². The summed E-state index contributed by atoms with van der Waals surface area (Å²) in [6.07, 6.45) is 58.2. The van der Waals surface area contributed by atoms with E-state index in [1.807, 2.05) is 0 Å². The van der Waals surface area contributed by atoms with Crippen LogP contribution < -0.4 is 0 Å². The van der Waals surface area contributed by atoms with Crippen LogP contribution in [-0.4, -0.2) is 96.7 Å². The maximum atomic E-state index is 13.1. The summed E-state index contributed by atoms with van der Waals surface area (Å²) in [5, 5.41) is 10.6. The second-order valence-corrected chi connectivity index (χ2v) is 30.8. The summed E-state index contributed by atoms with van der Waals surface area (Å²) in [6, 6.07) is 0. The molecule has 564 valence electrons. The van der Waals surface area contributed by atoms with Gasteiger partial charge in [-0.2, -0.15) is 0 Å². The highest BCUT2D eigenvalue weighted by atomic mass is 31.2. The van der Waals surface area contributed by atoms with E-state index in [0.717, 1.165) is 95.8 Å². The van der Waals surface area contributed by atoms with Crippen molar-refractivity contribution < 1.29 is 80.2 Å². The van der Waals surface area contributed by atoms with Gasteiger partial charge in [-0.15, -0.1) is 0 Å². The molecule has 19 heteroatoms. The van der Waals surface area contributed by atoms with E-state index in [1.54, 1.807) is 0 Å². The summed E-state index contributed by atoms with van der Waals surface area (Å²) in [6.45, 7) is 7.31. The number of hydrogen-bond donors (Lipinski definition) is 3. The van der Waals surface area contributed by atoms with E-state index in [9.17, 15) is 43.2 Å². The fourth-order valence-corrected chi connectivity index (χ4v) is 13.3. The molecule has 0 aromatic heterocycles. The fourth-order valence-electron chi connectivity index (χ4n) is 11.7. The van der Waals surface area contributed by atoms with Crippen LogP contribution in [0.25, 0.3) is 0 Å². The van der Waals surface area contributed by atoms with Crippen molar-refractivity contribution in [2.75, 3.05) is 39.6 Å². The monoisotopic (exact) mass is 1400 g/mol. The highest BCUT2D eigenvalue weighted by Crippen LogP contribution is 2.45. The molecule has 0 bridgehead atoms. The molecule has 3 N–H and O–H groups in total. The zero-order valence-corrected chi connectivity index (χ0v) is 63.6. The van der Waals surface area contributed by atoms with Gasteiger partial charge in [0.15, 0.2) is 12.2 Å². The summed E-state index contributed by atoms with van der Waals surface area (Å²) >= 11 is 0. The van der Waals surface area contributed by atoms with Gasteiger partial charge in [0.25, 0.3) is 0 Å². The number of phosphoric acid groups is 2. The number of phosphoric ester groups is 2. The first-order valence-corrected chi connectivity index (χ1v) is 42.6. The van der Waals surface area contributed by atoms with Gasteiger partial charge in [-0.3, -0.25) is 37.3 Å². The van der Waals surface area contributed by atoms with Gasteiger partial charge in [0.05, 0.1) is 26.4 Å². The van der Waals surface area contributed by atoms with E-state index in [1.165, 1.54) is 225 Å². The van der Waals surface area contributed by atoms with E-state index in [-0.39, 0.29) is 25.7 Å². The highest BCUT2D eigenvalue weighted by molar-refractivity contribution is 7.47. The molecule has 0 radical (unpaired) electrons. The number of unbranched alkanes of at least 4 members (excludes halogenated alkanes) is 48. The SMILES string of the molecule is CCCCCCCCCCCCCCCCCC(=O)OC[C@H](COP(=O)(O)OC[C@@H](O)COP(=O)(O)OC[C@@H](COC(=O)CCCCCCCCCCC)OC(=O)CCCCCCCCCCCCCC)OC(=O)CCCCCCCCCCCCCCCCCCC(C)C. The third-order valence-electron chi connectivity index (χ3n) is 17.8. The molecule has 0 aliphatic carbocycles. The van der Waals surface area contributed by atoms with Crippen molar-refractivity contribution in [3.05, 3.63) is 0 Å². The maximum Gasteiger partial charge on any atom is 0.472 e. The van der Waals surface area contributed by atoms with Gasteiger partial charge in [0.2, 0.25) is 0 Å². The zero-order chi connectivity index (χ0) is 69.8. The zero-order valence-electron chi connectivity index (χ0n) is 61.8. The third-order valence-corrected chi connectivity index (χ3v) is 19.7. The molecule has 5 atom stereocenters. The molecule has 0 amide bonds. The number of esters is 4. The van der Waals surface area contributed by atoms with E-state index in [4.69, 9.17) is 37.0 Å². The smallest absolute Gasteiger partial charge is 0.462 e. The van der Waals surface area contributed by atoms with Gasteiger partial charge >= 0.3 is 39.5 Å². The van der Waals surface area contributed by atoms with E-state index >= 15 is 0 Å². The second-order valence-electron chi connectivity index (χ2n) is 27.9. The summed E-state index contributed by atoms with van der Waals surface area (Å²) < 4.78 is 68.5. The van der Waals surface area contributed by atoms with Gasteiger partial charge < -0.3 is 33.8 Å². The third kappa shape index (κ3) is 70.3. The van der Waals surface area contributed by atoms with Crippen LogP contribution in [0.4, 0.5) is 0 Å². The summed E-state index contributed by atoms with van der Waals surface area (Å²) in [7, 11) is -9.91. The predicted octanol–water partition coefficient (Wildman–Crippen LogP) is 22.5. The lowest BCUT2D eigenvalue weighted by Gasteiger charge is -2.21. The normalized spacial score (nSPS) is 13.9. The molecule has 0 spiro atoms. The molecular formula is C76H148O17P2. The standard InChI is InChI=1S/C76H148O17P2/c1-6-9-12-15-18-21-23-25-28-32-36-40-45-50-55-60-74(79)87-66-72(93-76(81)62-57-52-47-42-37-33-30-27-26-29-31-34-39-43-48-53-58-69(4)5)68-91-95(84,85)89-64-70(77)63-88-94(82,83)90-67-71(65-86-73(78)59-54-49-44-38-20-17-14-11-8-3)92-75(80)61-56-51-46-41-35-24-22-19-16-13-10-7-2/h69-72,77H,6-68H2,1-5H3,(H,82,83)(H,84,85)/t70-,71+,72+/m0/s1. The molecule has 0 heterocycles. The minimum atomic E-state index is -4.96. The van der Waals surface area contributed by atoms with Crippen LogP contribution >= 0.6 is 15.6 Å². The van der Waals surface area contributed by atoms with Crippen molar-refractivity contribution in [3.8, 4) is 0 Å². The largest absolute Gasteiger partial charge is 0.472 e. The average Bonchev–Trinajstić information content (AvgIpc) is 1.87. The average molecular weight is 1400 g/mol. The predicted molar refractivity (Wildman–Crippen MR) is 386 cm³/mol. The minimum absolute atomic E-state index is 0.108. The Balaban J connectivity index is 5.21. The molecular weight excluding hydrogens is 1250 g/mol. The minimum Gasteiger partial charge on any atom is -0.462 e. The number of ether oxygens (including phenoxy) is 4. The molecule has 0 saturated heterocycles. The van der Waals surface area contributed by atoms with E-state index in [0.29, 0.717) is 25.7 Å². The van der Waals surface area contributed by atoms with Crippen LogP contribution in [0.2, 0.25) is 0 Å². The van der Waals surface area contributed by atoms with Crippen molar-refractivity contribution in [2.45, 2.75) is 419 Å². The van der Waals surface area contributed by atoms with Crippen molar-refractivity contribution in [2.24, 2.45) is 5.92 Å². The molecule has 0 aliphatic rings. The molecule has 17 nitrogen and oxygen atoms in total. The molecule has 0 aromatic carbocycles. The Labute approximate surface area is 581 Å².